The van der Waals surface area contributed by atoms with Crippen molar-refractivity contribution in [2.75, 3.05) is 0 Å². The van der Waals surface area contributed by atoms with Crippen molar-refractivity contribution in [3.8, 4) is 11.4 Å². The van der Waals surface area contributed by atoms with Gasteiger partial charge in [0.25, 0.3) is 5.69 Å². The van der Waals surface area contributed by atoms with Gasteiger partial charge < -0.3 is 0 Å². The summed E-state index contributed by atoms with van der Waals surface area (Å²) in [4.78, 5) is 18.7. The van der Waals surface area contributed by atoms with Gasteiger partial charge in [-0.3, -0.25) is 14.5 Å². The van der Waals surface area contributed by atoms with E-state index in [-0.39, 0.29) is 5.69 Å². The van der Waals surface area contributed by atoms with Gasteiger partial charge in [0.05, 0.1) is 16.6 Å². The Morgan fingerprint density at radius 2 is 2.18 bits per heavy atom. The van der Waals surface area contributed by atoms with Crippen LogP contribution in [0.15, 0.2) is 35.4 Å². The van der Waals surface area contributed by atoms with Crippen LogP contribution in [-0.2, 0) is 0 Å². The van der Waals surface area contributed by atoms with Gasteiger partial charge in [-0.2, -0.15) is 0 Å². The lowest BCUT2D eigenvalue weighted by Gasteiger charge is -1.92. The number of rotatable bonds is 2. The normalized spacial score (nSPS) is 10.8. The van der Waals surface area contributed by atoms with Crippen molar-refractivity contribution in [2.45, 2.75) is 0 Å². The molecule has 3 aromatic heterocycles. The second-order valence-corrected chi connectivity index (χ2v) is 4.13. The second kappa shape index (κ2) is 3.63. The maximum atomic E-state index is 10.6. The number of fused-ring (bicyclic) bond motifs is 1. The van der Waals surface area contributed by atoms with Gasteiger partial charge in [-0.1, -0.05) is 0 Å². The molecule has 0 radical (unpaired) electrons. The molecule has 84 valence electrons. The molecular formula is C10H6N4O2S. The highest BCUT2D eigenvalue weighted by molar-refractivity contribution is 7.07. The average molecular weight is 246 g/mol. The number of hydrogen-bond donors (Lipinski definition) is 0. The van der Waals surface area contributed by atoms with E-state index in [1.807, 2.05) is 5.38 Å². The lowest BCUT2D eigenvalue weighted by Crippen LogP contribution is -1.90. The van der Waals surface area contributed by atoms with Crippen LogP contribution in [-0.4, -0.2) is 19.3 Å². The Morgan fingerprint density at radius 3 is 2.88 bits per heavy atom. The largest absolute Gasteiger partial charge is 0.299 e. The van der Waals surface area contributed by atoms with Crippen LogP contribution in [0.2, 0.25) is 0 Å². The van der Waals surface area contributed by atoms with E-state index >= 15 is 0 Å². The predicted molar refractivity (Wildman–Crippen MR) is 63.0 cm³/mol. The SMILES string of the molecule is O=[N+]([O-])c1ccc2nc(-c3cscn3)cn2c1. The van der Waals surface area contributed by atoms with Crippen LogP contribution >= 0.6 is 11.3 Å². The molecule has 0 spiro atoms. The second-order valence-electron chi connectivity index (χ2n) is 3.41. The lowest BCUT2D eigenvalue weighted by atomic mass is 10.4. The minimum Gasteiger partial charge on any atom is -0.299 e. The number of thiazole rings is 1. The molecule has 7 heteroatoms. The zero-order valence-corrected chi connectivity index (χ0v) is 9.29. The Kier molecular flexibility index (Phi) is 2.12. The molecule has 0 saturated heterocycles. The van der Waals surface area contributed by atoms with Crippen molar-refractivity contribution in [1.29, 1.82) is 0 Å². The zero-order chi connectivity index (χ0) is 11.8. The van der Waals surface area contributed by atoms with Gasteiger partial charge in [-0.15, -0.1) is 11.3 Å². The molecule has 0 fully saturated rings. The van der Waals surface area contributed by atoms with Gasteiger partial charge in [-0.05, 0) is 6.07 Å². The summed E-state index contributed by atoms with van der Waals surface area (Å²) in [5, 5.41) is 12.5. The zero-order valence-electron chi connectivity index (χ0n) is 8.48. The summed E-state index contributed by atoms with van der Waals surface area (Å²) in [6.07, 6.45) is 3.18. The van der Waals surface area contributed by atoms with E-state index in [1.165, 1.54) is 23.6 Å². The van der Waals surface area contributed by atoms with Crippen LogP contribution in [0.1, 0.15) is 0 Å². The predicted octanol–water partition coefficient (Wildman–Crippen LogP) is 2.37. The molecule has 0 aliphatic rings. The molecule has 0 atom stereocenters. The monoisotopic (exact) mass is 246 g/mol. The number of imidazole rings is 1. The van der Waals surface area contributed by atoms with E-state index in [9.17, 15) is 10.1 Å². The fourth-order valence-corrected chi connectivity index (χ4v) is 2.10. The van der Waals surface area contributed by atoms with E-state index in [0.717, 1.165) is 5.69 Å². The molecule has 0 aliphatic heterocycles. The molecule has 17 heavy (non-hydrogen) atoms. The first-order valence-corrected chi connectivity index (χ1v) is 5.70. The van der Waals surface area contributed by atoms with Crippen molar-refractivity contribution in [1.82, 2.24) is 14.4 Å². The van der Waals surface area contributed by atoms with Gasteiger partial charge in [0.1, 0.15) is 17.0 Å². The summed E-state index contributed by atoms with van der Waals surface area (Å²) in [5.41, 5.74) is 3.92. The maximum Gasteiger partial charge on any atom is 0.286 e. The van der Waals surface area contributed by atoms with Crippen LogP contribution in [0.4, 0.5) is 5.69 Å². The van der Waals surface area contributed by atoms with Crippen molar-refractivity contribution in [3.05, 3.63) is 45.5 Å². The molecule has 6 nitrogen and oxygen atoms in total. The summed E-state index contributed by atoms with van der Waals surface area (Å²) in [6.45, 7) is 0. The van der Waals surface area contributed by atoms with Gasteiger partial charge in [0.15, 0.2) is 0 Å². The average Bonchev–Trinajstić information content (AvgIpc) is 2.96. The molecule has 0 aliphatic carbocycles. The molecule has 0 unspecified atom stereocenters. The first kappa shape index (κ1) is 9.91. The van der Waals surface area contributed by atoms with Crippen molar-refractivity contribution in [3.63, 3.8) is 0 Å². The highest BCUT2D eigenvalue weighted by Gasteiger charge is 2.10. The fourth-order valence-electron chi connectivity index (χ4n) is 1.55. The van der Waals surface area contributed by atoms with E-state index in [0.29, 0.717) is 11.3 Å². The summed E-state index contributed by atoms with van der Waals surface area (Å²) < 4.78 is 1.63. The highest BCUT2D eigenvalue weighted by atomic mass is 32.1. The molecule has 3 heterocycles. The third-order valence-corrected chi connectivity index (χ3v) is 2.93. The third kappa shape index (κ3) is 1.66. The lowest BCUT2D eigenvalue weighted by molar-refractivity contribution is -0.385. The molecule has 0 aromatic carbocycles. The van der Waals surface area contributed by atoms with Crippen molar-refractivity contribution in [2.24, 2.45) is 0 Å². The number of hydrogen-bond acceptors (Lipinski definition) is 5. The van der Waals surface area contributed by atoms with Crippen LogP contribution < -0.4 is 0 Å². The minimum absolute atomic E-state index is 0.0414. The fraction of sp³-hybridized carbons (Fsp3) is 0. The van der Waals surface area contributed by atoms with E-state index in [4.69, 9.17) is 0 Å². The van der Waals surface area contributed by atoms with Gasteiger partial charge in [0, 0.05) is 17.6 Å². The van der Waals surface area contributed by atoms with Gasteiger partial charge >= 0.3 is 0 Å². The summed E-state index contributed by atoms with van der Waals surface area (Å²) in [7, 11) is 0. The molecular weight excluding hydrogens is 240 g/mol. The van der Waals surface area contributed by atoms with Crippen molar-refractivity contribution < 1.29 is 4.92 Å². The molecule has 3 rings (SSSR count). The molecule has 0 saturated carbocycles. The summed E-state index contributed by atoms with van der Waals surface area (Å²) in [5.74, 6) is 0. The van der Waals surface area contributed by atoms with Crippen LogP contribution in [0, 0.1) is 10.1 Å². The van der Waals surface area contributed by atoms with Crippen LogP contribution in [0.25, 0.3) is 17.0 Å². The van der Waals surface area contributed by atoms with Gasteiger partial charge in [0.2, 0.25) is 0 Å². The Balaban J connectivity index is 2.16. The molecule has 0 amide bonds. The standard InChI is InChI=1S/C10H6N4O2S/c15-14(16)7-1-2-10-12-8(4-13(10)3-7)9-5-17-6-11-9/h1-6H. The smallest absolute Gasteiger partial charge is 0.286 e. The topological polar surface area (TPSA) is 73.3 Å². The van der Waals surface area contributed by atoms with Crippen LogP contribution in [0.5, 0.6) is 0 Å². The maximum absolute atomic E-state index is 10.6. The summed E-state index contributed by atoms with van der Waals surface area (Å²) in [6, 6.07) is 3.06. The highest BCUT2D eigenvalue weighted by Crippen LogP contribution is 2.20. The van der Waals surface area contributed by atoms with E-state index in [1.54, 1.807) is 22.2 Å². The number of nitrogens with zero attached hydrogens (tertiary/aromatic N) is 4. The summed E-state index contributed by atoms with van der Waals surface area (Å²) >= 11 is 1.48. The molecule has 3 aromatic rings. The number of pyridine rings is 1. The Labute approximate surface area is 99.3 Å². The van der Waals surface area contributed by atoms with Crippen molar-refractivity contribution >= 4 is 22.7 Å². The van der Waals surface area contributed by atoms with E-state index < -0.39 is 4.92 Å². The van der Waals surface area contributed by atoms with E-state index in [2.05, 4.69) is 9.97 Å². The first-order valence-electron chi connectivity index (χ1n) is 4.76. The first-order chi connectivity index (χ1) is 8.24. The number of nitro groups is 1. The third-order valence-electron chi connectivity index (χ3n) is 2.34. The van der Waals surface area contributed by atoms with Crippen LogP contribution in [0.3, 0.4) is 0 Å². The Hall–Kier alpha value is -2.28. The Bertz CT molecular complexity index is 689. The quantitative estimate of drug-likeness (QED) is 0.514. The number of aromatic nitrogens is 3. The molecule has 0 bridgehead atoms. The minimum atomic E-state index is -0.429. The van der Waals surface area contributed by atoms with Gasteiger partial charge in [-0.25, -0.2) is 9.97 Å². The Morgan fingerprint density at radius 1 is 1.29 bits per heavy atom. The molecule has 0 N–H and O–H groups in total.